The van der Waals surface area contributed by atoms with Gasteiger partial charge in [0.2, 0.25) is 0 Å². The molecule has 0 spiro atoms. The number of aliphatic imine (C=N–C) groups is 2. The predicted molar refractivity (Wildman–Crippen MR) is 197 cm³/mol. The number of nitrogens with one attached hydrogen (secondary N) is 2. The molecule has 2 aliphatic rings. The number of methoxy groups -OCH3 is 1. The molecule has 4 aromatic carbocycles. The first-order chi connectivity index (χ1) is 24.7. The first kappa shape index (κ1) is 36.2. The number of rotatable bonds is 11. The summed E-state index contributed by atoms with van der Waals surface area (Å²) in [5.74, 6) is 0.00207. The van der Waals surface area contributed by atoms with Crippen molar-refractivity contribution in [2.45, 2.75) is 37.8 Å². The molecule has 2 amide bonds. The summed E-state index contributed by atoms with van der Waals surface area (Å²) in [7, 11) is 1.50. The number of benzene rings is 4. The predicted octanol–water partition coefficient (Wildman–Crippen LogP) is 5.70. The number of ether oxygens (including phenoxy) is 3. The van der Waals surface area contributed by atoms with E-state index in [4.69, 9.17) is 42.5 Å². The van der Waals surface area contributed by atoms with Crippen LogP contribution in [0.15, 0.2) is 101 Å². The highest BCUT2D eigenvalue weighted by atomic mass is 35.5. The van der Waals surface area contributed by atoms with Crippen LogP contribution in [0.4, 0.5) is 11.4 Å². The molecule has 0 saturated heterocycles. The second-order valence-corrected chi connectivity index (χ2v) is 12.2. The second-order valence-electron chi connectivity index (χ2n) is 11.8. The number of nitrogens with zero attached hydrogens (tertiary/aromatic N) is 3. The fraction of sp³-hybridized carbons (Fsp3) is 0.237. The first-order valence-corrected chi connectivity index (χ1v) is 16.6. The minimum atomic E-state index is -0.251. The second kappa shape index (κ2) is 17.6. The fourth-order valence-corrected chi connectivity index (χ4v) is 5.46. The molecule has 0 bridgehead atoms. The number of hydrogen-bond acceptors (Lipinski definition) is 10. The van der Waals surface area contributed by atoms with E-state index in [0.717, 1.165) is 36.8 Å². The van der Waals surface area contributed by atoms with Crippen LogP contribution >= 0.6 is 11.6 Å². The molecule has 6 N–H and O–H groups in total. The van der Waals surface area contributed by atoms with E-state index in [2.05, 4.69) is 20.6 Å². The van der Waals surface area contributed by atoms with Crippen molar-refractivity contribution in [1.29, 1.82) is 5.26 Å². The van der Waals surface area contributed by atoms with Gasteiger partial charge in [-0.25, -0.2) is 9.98 Å². The summed E-state index contributed by atoms with van der Waals surface area (Å²) in [4.78, 5) is 33.1. The number of carbonyl (C=O) groups is 2. The summed E-state index contributed by atoms with van der Waals surface area (Å²) in [5, 5.41) is 15.0. The van der Waals surface area contributed by atoms with Gasteiger partial charge >= 0.3 is 0 Å². The number of nitriles is 1. The van der Waals surface area contributed by atoms with Gasteiger partial charge in [0, 0.05) is 22.0 Å². The molecule has 0 saturated carbocycles. The molecule has 12 nitrogen and oxygen atoms in total. The summed E-state index contributed by atoms with van der Waals surface area (Å²) in [6.45, 7) is 1.08. The van der Waals surface area contributed by atoms with Crippen LogP contribution in [0.3, 0.4) is 0 Å². The van der Waals surface area contributed by atoms with Crippen molar-refractivity contribution in [3.63, 3.8) is 0 Å². The molecular weight excluding hydrogens is 670 g/mol. The van der Waals surface area contributed by atoms with Crippen molar-refractivity contribution in [1.82, 2.24) is 0 Å². The molecule has 0 aliphatic carbocycles. The maximum Gasteiger partial charge on any atom is 0.282 e. The number of carbonyl (C=O) groups excluding carboxylic acids is 2. The van der Waals surface area contributed by atoms with Crippen LogP contribution in [0.25, 0.3) is 0 Å². The van der Waals surface area contributed by atoms with Crippen molar-refractivity contribution >= 4 is 46.8 Å². The van der Waals surface area contributed by atoms with Gasteiger partial charge in [-0.2, -0.15) is 5.26 Å². The molecule has 2 atom stereocenters. The summed E-state index contributed by atoms with van der Waals surface area (Å²) in [6.07, 6.45) is 3.44. The Balaban J connectivity index is 0.000000198. The van der Waals surface area contributed by atoms with Crippen LogP contribution in [0.2, 0.25) is 5.02 Å². The van der Waals surface area contributed by atoms with E-state index in [0.29, 0.717) is 52.1 Å². The molecule has 0 aromatic heterocycles. The lowest BCUT2D eigenvalue weighted by atomic mass is 10.0. The Bertz CT molecular complexity index is 1920. The normalized spacial score (nSPS) is 15.9. The van der Waals surface area contributed by atoms with Gasteiger partial charge < -0.3 is 36.3 Å². The first-order valence-electron chi connectivity index (χ1n) is 16.3. The molecule has 13 heteroatoms. The summed E-state index contributed by atoms with van der Waals surface area (Å²) in [6, 6.07) is 29.7. The van der Waals surface area contributed by atoms with Crippen LogP contribution in [0.1, 0.15) is 50.2 Å². The zero-order valence-corrected chi connectivity index (χ0v) is 28.7. The van der Waals surface area contributed by atoms with Crippen molar-refractivity contribution in [3.05, 3.63) is 124 Å². The average molecular weight is 708 g/mol. The highest BCUT2D eigenvalue weighted by molar-refractivity contribution is 6.31. The van der Waals surface area contributed by atoms with E-state index >= 15 is 0 Å². The van der Waals surface area contributed by atoms with E-state index in [1.165, 1.54) is 7.11 Å². The van der Waals surface area contributed by atoms with Crippen molar-refractivity contribution in [3.8, 4) is 11.8 Å². The molecule has 0 radical (unpaired) electrons. The van der Waals surface area contributed by atoms with E-state index < -0.39 is 0 Å². The molecule has 0 fully saturated rings. The highest BCUT2D eigenvalue weighted by Gasteiger charge is 2.18. The van der Waals surface area contributed by atoms with Crippen LogP contribution in [0.5, 0.6) is 5.75 Å². The Kier molecular flexibility index (Phi) is 12.5. The molecule has 4 aromatic rings. The molecule has 2 heterocycles. The number of nitrogens with two attached hydrogens (primary N) is 2. The van der Waals surface area contributed by atoms with E-state index in [9.17, 15) is 9.59 Å². The number of halogens is 1. The quantitative estimate of drug-likeness (QED) is 0.153. The van der Waals surface area contributed by atoms with Gasteiger partial charge in [0.1, 0.15) is 19.0 Å². The van der Waals surface area contributed by atoms with Gasteiger partial charge in [0.05, 0.1) is 36.4 Å². The molecule has 262 valence electrons. The van der Waals surface area contributed by atoms with Gasteiger partial charge in [-0.1, -0.05) is 35.9 Å². The number of hydrogen-bond donors (Lipinski definition) is 4. The fourth-order valence-electron chi connectivity index (χ4n) is 5.29. The maximum absolute atomic E-state index is 12.4. The maximum atomic E-state index is 12.4. The molecule has 0 unspecified atom stereocenters. The van der Waals surface area contributed by atoms with E-state index in [-0.39, 0.29) is 35.9 Å². The van der Waals surface area contributed by atoms with Crippen LogP contribution < -0.4 is 26.8 Å². The molecule has 51 heavy (non-hydrogen) atoms. The lowest BCUT2D eigenvalue weighted by Gasteiger charge is -2.10. The van der Waals surface area contributed by atoms with Crippen LogP contribution in [-0.4, -0.2) is 56.3 Å². The lowest BCUT2D eigenvalue weighted by molar-refractivity contribution is 0.101. The third kappa shape index (κ3) is 10.7. The summed E-state index contributed by atoms with van der Waals surface area (Å²) >= 11 is 5.93. The van der Waals surface area contributed by atoms with E-state index in [1.54, 1.807) is 54.6 Å². The van der Waals surface area contributed by atoms with Gasteiger partial charge in [-0.15, -0.1) is 0 Å². The van der Waals surface area contributed by atoms with Crippen molar-refractivity contribution < 1.29 is 23.8 Å². The van der Waals surface area contributed by atoms with Gasteiger partial charge in [0.25, 0.3) is 23.9 Å². The number of amides is 2. The molecule has 2 aliphatic heterocycles. The minimum Gasteiger partial charge on any atom is -0.496 e. The van der Waals surface area contributed by atoms with Crippen molar-refractivity contribution in [2.75, 3.05) is 31.0 Å². The zero-order chi connectivity index (χ0) is 36.2. The van der Waals surface area contributed by atoms with E-state index in [1.807, 2.05) is 42.5 Å². The Morgan fingerprint density at radius 1 is 0.804 bits per heavy atom. The standard InChI is InChI=1S/C19H20ClN3O3.C19H18N4O2/c1-25-17-10-13(20)5-9-16(17)18(24)22-14-6-2-12(3-7-14)4-8-15-11-26-19(21)23-15;20-11-14-4-8-16(9-5-14)22-18(24)15-6-1-13(2-7-15)3-10-17-12-25-19(21)23-17/h2-3,5-7,9-10,15H,4,8,11H2,1H3,(H2,21,23)(H,22,24);1-2,4-9,17H,3,10,12H2,(H2,21,23)(H,22,24)/t15-;17-/m00/s1. The largest absolute Gasteiger partial charge is 0.496 e. The third-order valence-electron chi connectivity index (χ3n) is 8.11. The van der Waals surface area contributed by atoms with Gasteiger partial charge in [0.15, 0.2) is 0 Å². The third-order valence-corrected chi connectivity index (χ3v) is 8.34. The highest BCUT2D eigenvalue weighted by Crippen LogP contribution is 2.24. The summed E-state index contributed by atoms with van der Waals surface area (Å²) < 4.78 is 15.5. The van der Waals surface area contributed by atoms with Crippen LogP contribution in [0, 0.1) is 11.3 Å². The SMILES string of the molecule is COc1cc(Cl)ccc1C(=O)Nc1ccc(CC[C@H]2COC(N)=N2)cc1.N#Cc1ccc(NC(=O)c2ccc(CC[C@H]3COC(N)=N3)cc2)cc1. The Morgan fingerprint density at radius 2 is 1.31 bits per heavy atom. The molecular formula is C38H38ClN7O5. The Morgan fingerprint density at radius 3 is 1.80 bits per heavy atom. The summed E-state index contributed by atoms with van der Waals surface area (Å²) in [5.41, 5.74) is 16.2. The average Bonchev–Trinajstić information content (AvgIpc) is 3.77. The van der Waals surface area contributed by atoms with Gasteiger partial charge in [-0.3, -0.25) is 9.59 Å². The smallest absolute Gasteiger partial charge is 0.282 e. The lowest BCUT2D eigenvalue weighted by Crippen LogP contribution is -2.13. The number of anilines is 2. The number of amidine groups is 2. The Hall–Kier alpha value is -6.06. The monoisotopic (exact) mass is 707 g/mol. The van der Waals surface area contributed by atoms with Crippen molar-refractivity contribution in [2.24, 2.45) is 21.5 Å². The minimum absolute atomic E-state index is 0.111. The Labute approximate surface area is 301 Å². The zero-order valence-electron chi connectivity index (χ0n) is 28.0. The van der Waals surface area contributed by atoms with Gasteiger partial charge in [-0.05, 0) is 104 Å². The number of aryl methyl sites for hydroxylation is 2. The molecule has 6 rings (SSSR count). The van der Waals surface area contributed by atoms with Crippen LogP contribution in [-0.2, 0) is 22.3 Å². The topological polar surface area (TPSA) is 186 Å².